The molecule has 2 aromatic rings. The van der Waals surface area contributed by atoms with E-state index in [0.29, 0.717) is 13.2 Å². The molecule has 1 heterocycles. The lowest BCUT2D eigenvalue weighted by atomic mass is 10.2. The van der Waals surface area contributed by atoms with E-state index in [1.807, 2.05) is 39.0 Å². The van der Waals surface area contributed by atoms with Crippen molar-refractivity contribution in [3.63, 3.8) is 0 Å². The van der Waals surface area contributed by atoms with Gasteiger partial charge in [0.05, 0.1) is 18.8 Å². The summed E-state index contributed by atoms with van der Waals surface area (Å²) in [6, 6.07) is 5.80. The molecule has 2 rings (SSSR count). The SMILES string of the molecule is CCOc1ccc(-c2nnc(C)s2)c(OCC)c1. The second-order valence-corrected chi connectivity index (χ2v) is 4.83. The van der Waals surface area contributed by atoms with Crippen LogP contribution in [0.4, 0.5) is 0 Å². The third kappa shape index (κ3) is 2.79. The standard InChI is InChI=1S/C13H16N2O2S/c1-4-16-10-6-7-11(12(8-10)17-5-2)13-15-14-9(3)18-13/h6-8H,4-5H2,1-3H3. The number of hydrogen-bond donors (Lipinski definition) is 0. The van der Waals surface area contributed by atoms with Gasteiger partial charge in [0.15, 0.2) is 5.01 Å². The fourth-order valence-electron chi connectivity index (χ4n) is 1.62. The van der Waals surface area contributed by atoms with Crippen LogP contribution in [0.5, 0.6) is 11.5 Å². The molecule has 0 spiro atoms. The molecule has 0 bridgehead atoms. The fraction of sp³-hybridized carbons (Fsp3) is 0.385. The Morgan fingerprint density at radius 3 is 2.50 bits per heavy atom. The largest absolute Gasteiger partial charge is 0.494 e. The van der Waals surface area contributed by atoms with Crippen LogP contribution in [0.1, 0.15) is 18.9 Å². The van der Waals surface area contributed by atoms with Crippen molar-refractivity contribution in [1.82, 2.24) is 10.2 Å². The van der Waals surface area contributed by atoms with Crippen LogP contribution in [0, 0.1) is 6.92 Å². The Hall–Kier alpha value is -1.62. The van der Waals surface area contributed by atoms with E-state index in [0.717, 1.165) is 27.1 Å². The Kier molecular flexibility index (Phi) is 4.15. The van der Waals surface area contributed by atoms with Crippen LogP contribution >= 0.6 is 11.3 Å². The van der Waals surface area contributed by atoms with Crippen molar-refractivity contribution in [3.8, 4) is 22.1 Å². The molecular weight excluding hydrogens is 248 g/mol. The summed E-state index contributed by atoms with van der Waals surface area (Å²) in [5.74, 6) is 1.60. The molecule has 0 fully saturated rings. The van der Waals surface area contributed by atoms with Gasteiger partial charge in [0, 0.05) is 6.07 Å². The van der Waals surface area contributed by atoms with Crippen molar-refractivity contribution in [3.05, 3.63) is 23.2 Å². The van der Waals surface area contributed by atoms with Crippen molar-refractivity contribution in [2.75, 3.05) is 13.2 Å². The quantitative estimate of drug-likeness (QED) is 0.831. The smallest absolute Gasteiger partial charge is 0.151 e. The summed E-state index contributed by atoms with van der Waals surface area (Å²) in [6.45, 7) is 7.12. The van der Waals surface area contributed by atoms with Gasteiger partial charge >= 0.3 is 0 Å². The van der Waals surface area contributed by atoms with Crippen LogP contribution in [-0.4, -0.2) is 23.4 Å². The first-order valence-electron chi connectivity index (χ1n) is 5.94. The number of aryl methyl sites for hydroxylation is 1. The molecule has 0 saturated heterocycles. The van der Waals surface area contributed by atoms with E-state index in [-0.39, 0.29) is 0 Å². The van der Waals surface area contributed by atoms with E-state index >= 15 is 0 Å². The highest BCUT2D eigenvalue weighted by Crippen LogP contribution is 2.34. The molecule has 0 amide bonds. The van der Waals surface area contributed by atoms with Gasteiger partial charge in [-0.2, -0.15) is 0 Å². The summed E-state index contributed by atoms with van der Waals surface area (Å²) in [6.07, 6.45) is 0. The van der Waals surface area contributed by atoms with Crippen LogP contribution < -0.4 is 9.47 Å². The van der Waals surface area contributed by atoms with Crippen molar-refractivity contribution in [2.45, 2.75) is 20.8 Å². The second kappa shape index (κ2) is 5.82. The van der Waals surface area contributed by atoms with E-state index in [1.54, 1.807) is 11.3 Å². The highest BCUT2D eigenvalue weighted by atomic mass is 32.1. The Labute approximate surface area is 111 Å². The summed E-state index contributed by atoms with van der Waals surface area (Å²) >= 11 is 1.56. The minimum atomic E-state index is 0.611. The molecule has 0 aliphatic rings. The minimum Gasteiger partial charge on any atom is -0.494 e. The predicted molar refractivity (Wildman–Crippen MR) is 72.4 cm³/mol. The van der Waals surface area contributed by atoms with E-state index in [1.165, 1.54) is 0 Å². The number of aromatic nitrogens is 2. The Bertz CT molecular complexity index is 525. The lowest BCUT2D eigenvalue weighted by molar-refractivity contribution is 0.324. The Morgan fingerprint density at radius 1 is 1.11 bits per heavy atom. The average molecular weight is 264 g/mol. The lowest BCUT2D eigenvalue weighted by Gasteiger charge is -2.10. The number of nitrogens with zero attached hydrogens (tertiary/aromatic N) is 2. The van der Waals surface area contributed by atoms with E-state index < -0.39 is 0 Å². The van der Waals surface area contributed by atoms with Gasteiger partial charge in [-0.3, -0.25) is 0 Å². The van der Waals surface area contributed by atoms with Crippen LogP contribution in [-0.2, 0) is 0 Å². The van der Waals surface area contributed by atoms with Gasteiger partial charge in [0.25, 0.3) is 0 Å². The van der Waals surface area contributed by atoms with Crippen LogP contribution in [0.2, 0.25) is 0 Å². The second-order valence-electron chi connectivity index (χ2n) is 3.65. The number of rotatable bonds is 5. The molecule has 4 nitrogen and oxygen atoms in total. The first kappa shape index (κ1) is 12.8. The van der Waals surface area contributed by atoms with Crippen molar-refractivity contribution < 1.29 is 9.47 Å². The summed E-state index contributed by atoms with van der Waals surface area (Å²) in [4.78, 5) is 0. The summed E-state index contributed by atoms with van der Waals surface area (Å²) in [7, 11) is 0. The molecule has 0 aliphatic carbocycles. The van der Waals surface area contributed by atoms with E-state index in [9.17, 15) is 0 Å². The van der Waals surface area contributed by atoms with Gasteiger partial charge in [0.1, 0.15) is 16.5 Å². The zero-order valence-electron chi connectivity index (χ0n) is 10.8. The van der Waals surface area contributed by atoms with Crippen molar-refractivity contribution in [1.29, 1.82) is 0 Å². The summed E-state index contributed by atoms with van der Waals surface area (Å²) < 4.78 is 11.1. The summed E-state index contributed by atoms with van der Waals surface area (Å²) in [5.41, 5.74) is 0.964. The highest BCUT2D eigenvalue weighted by Gasteiger charge is 2.12. The normalized spacial score (nSPS) is 10.4. The van der Waals surface area contributed by atoms with Gasteiger partial charge < -0.3 is 9.47 Å². The van der Waals surface area contributed by atoms with E-state index in [4.69, 9.17) is 9.47 Å². The summed E-state index contributed by atoms with van der Waals surface area (Å²) in [5, 5.41) is 10.0. The van der Waals surface area contributed by atoms with Gasteiger partial charge in [-0.1, -0.05) is 11.3 Å². The van der Waals surface area contributed by atoms with Gasteiger partial charge in [-0.05, 0) is 32.9 Å². The zero-order valence-corrected chi connectivity index (χ0v) is 11.6. The average Bonchev–Trinajstić information content (AvgIpc) is 2.77. The molecular formula is C13H16N2O2S. The molecule has 0 radical (unpaired) electrons. The third-order valence-corrected chi connectivity index (χ3v) is 3.19. The Morgan fingerprint density at radius 2 is 1.89 bits per heavy atom. The first-order chi connectivity index (χ1) is 8.74. The van der Waals surface area contributed by atoms with Gasteiger partial charge in [0.2, 0.25) is 0 Å². The Balaban J connectivity index is 2.39. The molecule has 1 aromatic heterocycles. The zero-order chi connectivity index (χ0) is 13.0. The van der Waals surface area contributed by atoms with Crippen LogP contribution in [0.15, 0.2) is 18.2 Å². The topological polar surface area (TPSA) is 44.2 Å². The molecule has 1 aromatic carbocycles. The predicted octanol–water partition coefficient (Wildman–Crippen LogP) is 3.31. The maximum atomic E-state index is 5.65. The molecule has 0 aliphatic heterocycles. The maximum absolute atomic E-state index is 5.65. The van der Waals surface area contributed by atoms with Gasteiger partial charge in [-0.15, -0.1) is 10.2 Å². The molecule has 0 N–H and O–H groups in total. The number of benzene rings is 1. The molecule has 18 heavy (non-hydrogen) atoms. The van der Waals surface area contributed by atoms with Crippen molar-refractivity contribution in [2.24, 2.45) is 0 Å². The monoisotopic (exact) mass is 264 g/mol. The molecule has 0 saturated carbocycles. The lowest BCUT2D eigenvalue weighted by Crippen LogP contribution is -1.96. The van der Waals surface area contributed by atoms with Crippen LogP contribution in [0.25, 0.3) is 10.6 Å². The third-order valence-electron chi connectivity index (χ3n) is 2.32. The molecule has 0 unspecified atom stereocenters. The molecule has 96 valence electrons. The number of hydrogen-bond acceptors (Lipinski definition) is 5. The minimum absolute atomic E-state index is 0.611. The maximum Gasteiger partial charge on any atom is 0.151 e. The van der Waals surface area contributed by atoms with Crippen LogP contribution in [0.3, 0.4) is 0 Å². The highest BCUT2D eigenvalue weighted by molar-refractivity contribution is 7.14. The first-order valence-corrected chi connectivity index (χ1v) is 6.76. The number of ether oxygens (including phenoxy) is 2. The van der Waals surface area contributed by atoms with Gasteiger partial charge in [-0.25, -0.2) is 0 Å². The fourth-order valence-corrected chi connectivity index (χ4v) is 2.34. The molecule has 5 heteroatoms. The van der Waals surface area contributed by atoms with Crippen molar-refractivity contribution >= 4 is 11.3 Å². The molecule has 0 atom stereocenters. The van der Waals surface area contributed by atoms with E-state index in [2.05, 4.69) is 10.2 Å².